The number of aliphatic carboxylic acids is 1. The molecular formula is C31H36F3N5O3S. The van der Waals surface area contributed by atoms with E-state index in [0.717, 1.165) is 43.2 Å². The first-order valence-corrected chi connectivity index (χ1v) is 15.6. The van der Waals surface area contributed by atoms with Crippen LogP contribution in [0.15, 0.2) is 30.6 Å². The number of likely N-dealkylation sites (tertiary alicyclic amines) is 1. The molecule has 1 N–H and O–H groups in total. The van der Waals surface area contributed by atoms with Gasteiger partial charge < -0.3 is 10.0 Å². The van der Waals surface area contributed by atoms with Crippen LogP contribution in [0.25, 0.3) is 11.3 Å². The fourth-order valence-corrected chi connectivity index (χ4v) is 7.16. The molecule has 0 saturated carbocycles. The fraction of sp³-hybridized carbons (Fsp3) is 0.516. The van der Waals surface area contributed by atoms with Crippen LogP contribution in [0.3, 0.4) is 0 Å². The highest BCUT2D eigenvalue weighted by molar-refractivity contribution is 7.12. The molecule has 43 heavy (non-hydrogen) atoms. The van der Waals surface area contributed by atoms with Gasteiger partial charge in [-0.3, -0.25) is 14.5 Å². The molecule has 2 aromatic heterocycles. The number of halogens is 3. The Morgan fingerprint density at radius 2 is 1.86 bits per heavy atom. The van der Waals surface area contributed by atoms with Gasteiger partial charge in [0.15, 0.2) is 5.78 Å². The van der Waals surface area contributed by atoms with Gasteiger partial charge in [-0.15, -0.1) is 11.3 Å². The van der Waals surface area contributed by atoms with Crippen LogP contribution < -0.4 is 4.90 Å². The van der Waals surface area contributed by atoms with Crippen LogP contribution in [0.4, 0.5) is 19.0 Å². The van der Waals surface area contributed by atoms with Gasteiger partial charge >= 0.3 is 12.1 Å². The Balaban J connectivity index is 1.37. The highest BCUT2D eigenvalue weighted by Crippen LogP contribution is 2.38. The number of carbonyl (C=O) groups excluding carboxylic acids is 1. The zero-order valence-corrected chi connectivity index (χ0v) is 25.2. The molecule has 2 fully saturated rings. The maximum Gasteiger partial charge on any atom is 0.416 e. The normalized spacial score (nSPS) is 18.3. The van der Waals surface area contributed by atoms with E-state index in [1.54, 1.807) is 6.07 Å². The van der Waals surface area contributed by atoms with Crippen molar-refractivity contribution >= 4 is 28.9 Å². The van der Waals surface area contributed by atoms with E-state index in [1.807, 2.05) is 4.90 Å². The van der Waals surface area contributed by atoms with Gasteiger partial charge in [0, 0.05) is 36.1 Å². The Morgan fingerprint density at radius 1 is 1.09 bits per heavy atom. The lowest BCUT2D eigenvalue weighted by Crippen LogP contribution is -2.36. The van der Waals surface area contributed by atoms with Gasteiger partial charge in [-0.2, -0.15) is 13.2 Å². The Labute approximate surface area is 253 Å². The van der Waals surface area contributed by atoms with Crippen LogP contribution in [0.5, 0.6) is 0 Å². The Kier molecular flexibility index (Phi) is 9.45. The second-order valence-corrected chi connectivity index (χ2v) is 12.6. The van der Waals surface area contributed by atoms with Gasteiger partial charge in [-0.1, -0.05) is 25.5 Å². The quantitative estimate of drug-likeness (QED) is 0.261. The summed E-state index contributed by atoms with van der Waals surface area (Å²) in [4.78, 5) is 43.1. The number of benzene rings is 1. The Morgan fingerprint density at radius 3 is 2.51 bits per heavy atom. The molecule has 2 saturated heterocycles. The highest BCUT2D eigenvalue weighted by atomic mass is 32.1. The number of ketones is 1. The SMILES string of the molecule is CCCC1CCCN1Cc1sc(CC(=O)c2cnc(N3CCC(C(=O)O)CC3)cn2)nc1-c1ccc(C)c(C(F)(F)F)c1. The number of Topliss-reactive ketones (excluding diaryl/α,β-unsaturated/α-hetero) is 1. The lowest BCUT2D eigenvalue weighted by molar-refractivity contribution is -0.142. The number of hydrogen-bond donors (Lipinski definition) is 1. The van der Waals surface area contributed by atoms with E-state index in [2.05, 4.69) is 21.8 Å². The Bertz CT molecular complexity index is 1450. The molecule has 0 spiro atoms. The molecule has 12 heteroatoms. The number of hydrogen-bond acceptors (Lipinski definition) is 8. The van der Waals surface area contributed by atoms with Crippen LogP contribution in [0, 0.1) is 12.8 Å². The minimum Gasteiger partial charge on any atom is -0.481 e. The second-order valence-electron chi connectivity index (χ2n) is 11.4. The molecule has 1 aromatic carbocycles. The third-order valence-corrected chi connectivity index (χ3v) is 9.47. The van der Waals surface area contributed by atoms with Crippen LogP contribution in [-0.4, -0.2) is 62.4 Å². The number of aryl methyl sites for hydroxylation is 1. The summed E-state index contributed by atoms with van der Waals surface area (Å²) in [6.07, 6.45) is 3.78. The molecule has 2 aliphatic heterocycles. The fourth-order valence-electron chi connectivity index (χ4n) is 6.04. The van der Waals surface area contributed by atoms with E-state index in [9.17, 15) is 27.9 Å². The lowest BCUT2D eigenvalue weighted by atomic mass is 9.97. The number of alkyl halides is 3. The largest absolute Gasteiger partial charge is 0.481 e. The van der Waals surface area contributed by atoms with Crippen molar-refractivity contribution in [1.29, 1.82) is 0 Å². The number of thiazole rings is 1. The maximum absolute atomic E-state index is 13.8. The van der Waals surface area contributed by atoms with Crippen LogP contribution in [0.1, 0.15) is 76.9 Å². The minimum absolute atomic E-state index is 0.0356. The van der Waals surface area contributed by atoms with E-state index >= 15 is 0 Å². The van der Waals surface area contributed by atoms with Crippen molar-refractivity contribution in [3.8, 4) is 11.3 Å². The lowest BCUT2D eigenvalue weighted by Gasteiger charge is -2.30. The van der Waals surface area contributed by atoms with Crippen molar-refractivity contribution in [3.63, 3.8) is 0 Å². The summed E-state index contributed by atoms with van der Waals surface area (Å²) in [5.74, 6) is -0.836. The van der Waals surface area contributed by atoms with Crippen molar-refractivity contribution in [3.05, 3.63) is 57.3 Å². The predicted molar refractivity (Wildman–Crippen MR) is 158 cm³/mol. The van der Waals surface area contributed by atoms with Crippen molar-refractivity contribution < 1.29 is 27.9 Å². The van der Waals surface area contributed by atoms with Gasteiger partial charge in [-0.05, 0) is 57.2 Å². The monoisotopic (exact) mass is 615 g/mol. The average Bonchev–Trinajstić information content (AvgIpc) is 3.59. The number of carboxylic acids is 1. The Hall–Kier alpha value is -3.38. The average molecular weight is 616 g/mol. The number of anilines is 1. The molecule has 1 unspecified atom stereocenters. The molecule has 230 valence electrons. The third kappa shape index (κ3) is 7.23. The summed E-state index contributed by atoms with van der Waals surface area (Å²) in [6.45, 7) is 6.20. The molecule has 4 heterocycles. The molecule has 0 radical (unpaired) electrons. The van der Waals surface area contributed by atoms with E-state index in [-0.39, 0.29) is 29.4 Å². The van der Waals surface area contributed by atoms with Crippen molar-refractivity contribution in [2.45, 2.75) is 77.6 Å². The topological polar surface area (TPSA) is 99.5 Å². The summed E-state index contributed by atoms with van der Waals surface area (Å²) in [7, 11) is 0. The van der Waals surface area contributed by atoms with Gasteiger partial charge in [-0.25, -0.2) is 15.0 Å². The van der Waals surface area contributed by atoms with Gasteiger partial charge in [0.05, 0.1) is 36.0 Å². The first-order chi connectivity index (χ1) is 20.5. The molecule has 3 aromatic rings. The predicted octanol–water partition coefficient (Wildman–Crippen LogP) is 6.42. The highest BCUT2D eigenvalue weighted by Gasteiger charge is 2.33. The van der Waals surface area contributed by atoms with Crippen molar-refractivity contribution in [1.82, 2.24) is 19.9 Å². The number of carbonyl (C=O) groups is 2. The summed E-state index contributed by atoms with van der Waals surface area (Å²) in [5, 5.41) is 9.75. The summed E-state index contributed by atoms with van der Waals surface area (Å²) in [6, 6.07) is 4.74. The summed E-state index contributed by atoms with van der Waals surface area (Å²) < 4.78 is 41.3. The standard InChI is InChI=1S/C31H36F3N5O3S/c1-3-5-22-6-4-11-39(22)18-26-29(21-8-7-19(2)23(14-21)31(32,33)34)37-28(43-26)15-25(40)24-16-36-27(17-35-24)38-12-9-20(10-13-38)30(41)42/h7-8,14,16-17,20,22H,3-6,9-13,15,18H2,1-2H3,(H,41,42). The van der Waals surface area contributed by atoms with Crippen LogP contribution in [0.2, 0.25) is 0 Å². The van der Waals surface area contributed by atoms with E-state index in [1.165, 1.54) is 36.7 Å². The molecule has 0 aliphatic carbocycles. The molecule has 1 atom stereocenters. The number of aromatic nitrogens is 3. The second kappa shape index (κ2) is 13.1. The minimum atomic E-state index is -4.48. The van der Waals surface area contributed by atoms with Gasteiger partial charge in [0.1, 0.15) is 16.5 Å². The molecular weight excluding hydrogens is 579 g/mol. The first-order valence-electron chi connectivity index (χ1n) is 14.8. The van der Waals surface area contributed by atoms with E-state index < -0.39 is 17.7 Å². The summed E-state index contributed by atoms with van der Waals surface area (Å²) >= 11 is 1.37. The molecule has 0 amide bonds. The molecule has 5 rings (SSSR count). The third-order valence-electron chi connectivity index (χ3n) is 8.43. The number of nitrogens with zero attached hydrogens (tertiary/aromatic N) is 5. The van der Waals surface area contributed by atoms with E-state index in [4.69, 9.17) is 4.98 Å². The number of piperidine rings is 1. The number of carboxylic acid groups (broad SMARTS) is 1. The van der Waals surface area contributed by atoms with E-state index in [0.29, 0.717) is 60.6 Å². The van der Waals surface area contributed by atoms with Crippen molar-refractivity contribution in [2.24, 2.45) is 5.92 Å². The first kappa shape index (κ1) is 31.1. The summed E-state index contributed by atoms with van der Waals surface area (Å²) in [5.41, 5.74) is 0.532. The van der Waals surface area contributed by atoms with Crippen LogP contribution >= 0.6 is 11.3 Å². The molecule has 0 bridgehead atoms. The van der Waals surface area contributed by atoms with Gasteiger partial charge in [0.2, 0.25) is 0 Å². The van der Waals surface area contributed by atoms with Gasteiger partial charge in [0.25, 0.3) is 0 Å². The zero-order valence-electron chi connectivity index (χ0n) is 24.4. The van der Waals surface area contributed by atoms with Crippen LogP contribution in [-0.2, 0) is 23.9 Å². The van der Waals surface area contributed by atoms with Crippen molar-refractivity contribution in [2.75, 3.05) is 24.5 Å². The zero-order chi connectivity index (χ0) is 30.7. The molecule has 2 aliphatic rings. The smallest absolute Gasteiger partial charge is 0.416 e. The maximum atomic E-state index is 13.8. The molecule has 8 nitrogen and oxygen atoms in total. The number of rotatable bonds is 10.